The minimum Gasteiger partial charge on any atom is -0.465 e. The van der Waals surface area contributed by atoms with Crippen LogP contribution in [0.15, 0.2) is 60.7 Å². The summed E-state index contributed by atoms with van der Waals surface area (Å²) in [6.45, 7) is 3.77. The lowest BCUT2D eigenvalue weighted by Gasteiger charge is -2.32. The van der Waals surface area contributed by atoms with Crippen LogP contribution >= 0.6 is 0 Å². The highest BCUT2D eigenvalue weighted by Gasteiger charge is 2.84. The van der Waals surface area contributed by atoms with E-state index >= 15 is 0 Å². The van der Waals surface area contributed by atoms with Gasteiger partial charge in [-0.25, -0.2) is 0 Å². The molecule has 152 valence electrons. The first-order valence-corrected chi connectivity index (χ1v) is 9.85. The van der Waals surface area contributed by atoms with E-state index in [1.54, 1.807) is 13.8 Å². The molecular formula is C23H24O6. The lowest BCUT2D eigenvalue weighted by Crippen LogP contribution is -2.54. The average molecular weight is 396 g/mol. The molecule has 2 aliphatic rings. The summed E-state index contributed by atoms with van der Waals surface area (Å²) in [5, 5.41) is 0. The molecule has 3 atom stereocenters. The topological polar surface area (TPSA) is 74.4 Å². The third-order valence-electron chi connectivity index (χ3n) is 5.62. The Hall–Kier alpha value is -2.70. The Labute approximate surface area is 169 Å². The molecule has 0 bridgehead atoms. The van der Waals surface area contributed by atoms with Gasteiger partial charge >= 0.3 is 11.9 Å². The summed E-state index contributed by atoms with van der Waals surface area (Å²) in [7, 11) is 0. The van der Waals surface area contributed by atoms with Crippen LogP contribution in [-0.4, -0.2) is 37.4 Å². The number of epoxide rings is 1. The van der Waals surface area contributed by atoms with E-state index in [0.717, 1.165) is 5.56 Å². The molecule has 0 saturated carbocycles. The predicted molar refractivity (Wildman–Crippen MR) is 104 cm³/mol. The number of ether oxygens (including phenoxy) is 4. The molecule has 2 aromatic rings. The van der Waals surface area contributed by atoms with E-state index in [9.17, 15) is 9.59 Å². The van der Waals surface area contributed by atoms with Crippen molar-refractivity contribution >= 4 is 11.9 Å². The van der Waals surface area contributed by atoms with E-state index in [1.807, 2.05) is 60.7 Å². The SMILES string of the molecule is CCOC(=O)C1(C(=O)OCC)[C@@H](c2ccccc2)OC[C@]12O[C@H]2c1ccccc1. The monoisotopic (exact) mass is 396 g/mol. The Bertz CT molecular complexity index is 863. The standard InChI is InChI=1S/C23H24O6/c1-3-26-20(24)23(21(25)27-4-2)19(17-13-9-6-10-14-17)28-15-22(23)18(29-22)16-11-7-5-8-12-16/h5-14,18-19H,3-4,15H2,1-2H3/t18-,19+,22+/m0/s1. The molecule has 2 fully saturated rings. The van der Waals surface area contributed by atoms with Crippen molar-refractivity contribution in [3.8, 4) is 0 Å². The van der Waals surface area contributed by atoms with Gasteiger partial charge in [-0.1, -0.05) is 60.7 Å². The molecule has 2 aliphatic heterocycles. The summed E-state index contributed by atoms with van der Waals surface area (Å²) in [6, 6.07) is 18.7. The number of rotatable bonds is 6. The van der Waals surface area contributed by atoms with Crippen LogP contribution in [0.25, 0.3) is 0 Å². The quantitative estimate of drug-likeness (QED) is 0.423. The summed E-state index contributed by atoms with van der Waals surface area (Å²) in [6.07, 6.45) is -1.33. The van der Waals surface area contributed by atoms with Gasteiger partial charge in [0.2, 0.25) is 5.41 Å². The van der Waals surface area contributed by atoms with Gasteiger partial charge in [0.25, 0.3) is 0 Å². The van der Waals surface area contributed by atoms with Crippen LogP contribution in [0.5, 0.6) is 0 Å². The molecule has 2 aromatic carbocycles. The number of carbonyl (C=O) groups is 2. The summed E-state index contributed by atoms with van der Waals surface area (Å²) in [5.41, 5.74) is -1.34. The number of hydrogen-bond donors (Lipinski definition) is 0. The van der Waals surface area contributed by atoms with E-state index < -0.39 is 35.2 Å². The van der Waals surface area contributed by atoms with Crippen molar-refractivity contribution in [2.75, 3.05) is 19.8 Å². The Kier molecular flexibility index (Phi) is 5.15. The van der Waals surface area contributed by atoms with Gasteiger partial charge in [-0.2, -0.15) is 0 Å². The highest BCUT2D eigenvalue weighted by molar-refractivity contribution is 6.04. The minimum atomic E-state index is -1.75. The molecule has 6 nitrogen and oxygen atoms in total. The first-order chi connectivity index (χ1) is 14.1. The third-order valence-corrected chi connectivity index (χ3v) is 5.62. The first kappa shape index (κ1) is 19.6. The fraction of sp³-hybridized carbons (Fsp3) is 0.391. The van der Waals surface area contributed by atoms with E-state index in [-0.39, 0.29) is 19.8 Å². The Balaban J connectivity index is 1.87. The van der Waals surface area contributed by atoms with Crippen LogP contribution in [0.1, 0.15) is 37.2 Å². The van der Waals surface area contributed by atoms with E-state index in [0.29, 0.717) is 5.56 Å². The molecule has 0 N–H and O–H groups in total. The van der Waals surface area contributed by atoms with Crippen LogP contribution in [0.4, 0.5) is 0 Å². The summed E-state index contributed by atoms with van der Waals surface area (Å²) < 4.78 is 23.0. The first-order valence-electron chi connectivity index (χ1n) is 9.85. The van der Waals surface area contributed by atoms with Gasteiger partial charge in [-0.05, 0) is 25.0 Å². The number of benzene rings is 2. The van der Waals surface area contributed by atoms with Crippen molar-refractivity contribution in [2.24, 2.45) is 5.41 Å². The summed E-state index contributed by atoms with van der Waals surface area (Å²) >= 11 is 0. The lowest BCUT2D eigenvalue weighted by atomic mass is 9.68. The molecule has 2 saturated heterocycles. The number of hydrogen-bond acceptors (Lipinski definition) is 6. The normalized spacial score (nSPS) is 26.8. The molecule has 4 rings (SSSR count). The van der Waals surface area contributed by atoms with Gasteiger partial charge < -0.3 is 18.9 Å². The highest BCUT2D eigenvalue weighted by Crippen LogP contribution is 2.68. The molecule has 0 aromatic heterocycles. The van der Waals surface area contributed by atoms with Crippen molar-refractivity contribution in [2.45, 2.75) is 31.7 Å². The lowest BCUT2D eigenvalue weighted by molar-refractivity contribution is -0.180. The Morgan fingerprint density at radius 2 is 1.34 bits per heavy atom. The molecule has 0 unspecified atom stereocenters. The second kappa shape index (κ2) is 7.61. The molecule has 0 aliphatic carbocycles. The fourth-order valence-electron chi connectivity index (χ4n) is 4.33. The Morgan fingerprint density at radius 1 is 0.862 bits per heavy atom. The second-order valence-corrected chi connectivity index (χ2v) is 7.15. The van der Waals surface area contributed by atoms with Crippen LogP contribution < -0.4 is 0 Å². The summed E-state index contributed by atoms with van der Waals surface area (Å²) in [4.78, 5) is 26.8. The van der Waals surface area contributed by atoms with Crippen LogP contribution in [-0.2, 0) is 28.5 Å². The molecule has 2 heterocycles. The molecule has 0 amide bonds. The van der Waals surface area contributed by atoms with Gasteiger partial charge in [0.15, 0.2) is 5.60 Å². The number of esters is 2. The van der Waals surface area contributed by atoms with Crippen LogP contribution in [0.2, 0.25) is 0 Å². The molecule has 1 spiro atoms. The third kappa shape index (κ3) is 2.86. The van der Waals surface area contributed by atoms with Crippen LogP contribution in [0.3, 0.4) is 0 Å². The maximum Gasteiger partial charge on any atom is 0.329 e. The van der Waals surface area contributed by atoms with Crippen molar-refractivity contribution in [3.05, 3.63) is 71.8 Å². The van der Waals surface area contributed by atoms with E-state index in [1.165, 1.54) is 0 Å². The zero-order valence-electron chi connectivity index (χ0n) is 16.5. The van der Waals surface area contributed by atoms with Crippen LogP contribution in [0, 0.1) is 5.41 Å². The average Bonchev–Trinajstić information content (AvgIpc) is 3.37. The van der Waals surface area contributed by atoms with Crippen molar-refractivity contribution in [1.82, 2.24) is 0 Å². The fourth-order valence-corrected chi connectivity index (χ4v) is 4.33. The second-order valence-electron chi connectivity index (χ2n) is 7.15. The molecule has 6 heteroatoms. The number of carbonyl (C=O) groups excluding carboxylic acids is 2. The Morgan fingerprint density at radius 3 is 1.83 bits per heavy atom. The minimum absolute atomic E-state index is 0.0871. The van der Waals surface area contributed by atoms with E-state index in [2.05, 4.69) is 0 Å². The van der Waals surface area contributed by atoms with Gasteiger partial charge in [0, 0.05) is 0 Å². The predicted octanol–water partition coefficient (Wildman–Crippen LogP) is 3.38. The smallest absolute Gasteiger partial charge is 0.329 e. The highest BCUT2D eigenvalue weighted by atomic mass is 16.7. The van der Waals surface area contributed by atoms with E-state index in [4.69, 9.17) is 18.9 Å². The van der Waals surface area contributed by atoms with Crippen molar-refractivity contribution in [3.63, 3.8) is 0 Å². The maximum absolute atomic E-state index is 13.4. The van der Waals surface area contributed by atoms with Crippen molar-refractivity contribution < 1.29 is 28.5 Å². The molecule has 29 heavy (non-hydrogen) atoms. The van der Waals surface area contributed by atoms with Gasteiger partial charge in [-0.15, -0.1) is 0 Å². The molecular weight excluding hydrogens is 372 g/mol. The zero-order valence-corrected chi connectivity index (χ0v) is 16.5. The van der Waals surface area contributed by atoms with Crippen molar-refractivity contribution in [1.29, 1.82) is 0 Å². The van der Waals surface area contributed by atoms with Gasteiger partial charge in [-0.3, -0.25) is 9.59 Å². The van der Waals surface area contributed by atoms with Gasteiger partial charge in [0.05, 0.1) is 19.8 Å². The maximum atomic E-state index is 13.4. The zero-order chi connectivity index (χ0) is 20.5. The largest absolute Gasteiger partial charge is 0.465 e. The summed E-state index contributed by atoms with van der Waals surface area (Å²) in [5.74, 6) is -1.36. The van der Waals surface area contributed by atoms with Gasteiger partial charge in [0.1, 0.15) is 12.2 Å². The molecule has 0 radical (unpaired) electrons.